The number of anilines is 1. The van der Waals surface area contributed by atoms with Crippen LogP contribution in [0.25, 0.3) is 0 Å². The van der Waals surface area contributed by atoms with Gasteiger partial charge in [-0.15, -0.1) is 0 Å². The number of carbonyl (C=O) groups excluding carboxylic acids is 4. The highest BCUT2D eigenvalue weighted by atomic mass is 16.6. The van der Waals surface area contributed by atoms with Gasteiger partial charge in [-0.25, -0.2) is 4.79 Å². The lowest BCUT2D eigenvalue weighted by molar-refractivity contribution is -0.384. The number of nitro groups is 1. The molecule has 0 aliphatic rings. The van der Waals surface area contributed by atoms with Crippen LogP contribution >= 0.6 is 0 Å². The zero-order valence-electron chi connectivity index (χ0n) is 26.2. The molecule has 0 unspecified atom stereocenters. The van der Waals surface area contributed by atoms with E-state index in [1.165, 1.54) is 12.1 Å². The highest BCUT2D eigenvalue weighted by Crippen LogP contribution is 2.21. The van der Waals surface area contributed by atoms with Crippen molar-refractivity contribution in [3.05, 3.63) is 70.3 Å². The average Bonchev–Trinajstić information content (AvgIpc) is 3.06. The molecule has 2 aromatic carbocycles. The van der Waals surface area contributed by atoms with E-state index in [2.05, 4.69) is 20.9 Å². The Morgan fingerprint density at radius 3 is 2.27 bits per heavy atom. The van der Waals surface area contributed by atoms with E-state index in [4.69, 9.17) is 21.9 Å². The number of nitrogens with zero attached hydrogens (tertiary/aromatic N) is 3. The Hall–Kier alpha value is -5.78. The second-order valence-electron chi connectivity index (χ2n) is 10.5. The Bertz CT molecular complexity index is 1420. The highest BCUT2D eigenvalue weighted by molar-refractivity contribution is 6.02. The van der Waals surface area contributed by atoms with Crippen molar-refractivity contribution in [2.75, 3.05) is 31.1 Å². The van der Waals surface area contributed by atoms with Gasteiger partial charge >= 0.3 is 12.1 Å². The summed E-state index contributed by atoms with van der Waals surface area (Å²) >= 11 is 0. The van der Waals surface area contributed by atoms with Crippen molar-refractivity contribution in [1.29, 1.82) is 0 Å². The van der Waals surface area contributed by atoms with Gasteiger partial charge in [-0.3, -0.25) is 39.2 Å². The molecular formula is C30H41N9O9. The molecule has 260 valence electrons. The normalized spacial score (nSPS) is 11.7. The fourth-order valence-corrected chi connectivity index (χ4v) is 4.26. The van der Waals surface area contributed by atoms with Crippen LogP contribution in [-0.4, -0.2) is 84.0 Å². The van der Waals surface area contributed by atoms with Crippen LogP contribution in [0.15, 0.2) is 59.6 Å². The number of rotatable bonds is 20. The van der Waals surface area contributed by atoms with Gasteiger partial charge in [0.1, 0.15) is 19.2 Å². The molecule has 18 heteroatoms. The largest absolute Gasteiger partial charge is 0.480 e. The lowest BCUT2D eigenvalue weighted by Crippen LogP contribution is -2.53. The number of hydrogen-bond acceptors (Lipinski definition) is 10. The number of aliphatic imine (C=N–C) groups is 1. The van der Waals surface area contributed by atoms with Crippen LogP contribution in [0, 0.1) is 10.1 Å². The summed E-state index contributed by atoms with van der Waals surface area (Å²) < 4.78 is 5.13. The van der Waals surface area contributed by atoms with E-state index >= 15 is 0 Å². The molecule has 0 saturated heterocycles. The topological polar surface area (TPSA) is 288 Å². The lowest BCUT2D eigenvalue weighted by Gasteiger charge is -2.27. The van der Waals surface area contributed by atoms with Crippen LogP contribution in [0.2, 0.25) is 0 Å². The standard InChI is InChI=1S/C30H41N9O9/c31-23(9-4-5-15-35-30(45)48-19-20-7-2-1-3-8-20)27(43)36-17-25(40)37-24(10-6-16-34-29(32)33)28(44)38(18-26(41)42)21-11-13-22(14-12-21)39(46)47/h1-3,7-8,11-14,23-24H,4-6,9-10,15-19,31H2,(H,35,45)(H,36,43)(H,37,40)(H,41,42)(H4,32,33,34)/t23-,24-/m0/s1. The number of benzene rings is 2. The summed E-state index contributed by atoms with van der Waals surface area (Å²) in [6, 6.07) is 11.6. The third-order valence-electron chi connectivity index (χ3n) is 6.69. The van der Waals surface area contributed by atoms with Crippen molar-refractivity contribution < 1.29 is 38.7 Å². The molecule has 0 radical (unpaired) electrons. The van der Waals surface area contributed by atoms with Gasteiger partial charge in [-0.1, -0.05) is 30.3 Å². The van der Waals surface area contributed by atoms with Crippen LogP contribution < -0.4 is 38.1 Å². The quantitative estimate of drug-likeness (QED) is 0.0324. The molecule has 0 bridgehead atoms. The predicted octanol–water partition coefficient (Wildman–Crippen LogP) is 0.0910. The van der Waals surface area contributed by atoms with Crippen LogP contribution in [0.5, 0.6) is 0 Å². The van der Waals surface area contributed by atoms with Crippen LogP contribution in [-0.2, 0) is 30.5 Å². The minimum atomic E-state index is -1.37. The van der Waals surface area contributed by atoms with Crippen LogP contribution in [0.1, 0.15) is 37.7 Å². The first-order chi connectivity index (χ1) is 22.9. The number of nitrogens with two attached hydrogens (primary N) is 3. The number of alkyl carbamates (subject to hydrolysis) is 1. The molecule has 0 heterocycles. The second-order valence-corrected chi connectivity index (χ2v) is 10.5. The molecule has 2 aromatic rings. The van der Waals surface area contributed by atoms with Crippen LogP contribution in [0.3, 0.4) is 0 Å². The Balaban J connectivity index is 1.89. The number of guanidine groups is 1. The summed E-state index contributed by atoms with van der Waals surface area (Å²) in [4.78, 5) is 77.3. The number of ether oxygens (including phenoxy) is 1. The minimum Gasteiger partial charge on any atom is -0.480 e. The van der Waals surface area contributed by atoms with Crippen molar-refractivity contribution in [3.63, 3.8) is 0 Å². The van der Waals surface area contributed by atoms with E-state index in [-0.39, 0.29) is 49.7 Å². The third kappa shape index (κ3) is 14.5. The molecule has 2 atom stereocenters. The number of amides is 4. The van der Waals surface area contributed by atoms with Gasteiger partial charge in [0.05, 0.1) is 17.5 Å². The Kier molecular flexibility index (Phi) is 16.3. The molecule has 48 heavy (non-hydrogen) atoms. The van der Waals surface area contributed by atoms with E-state index in [1.807, 2.05) is 30.3 Å². The number of non-ortho nitro benzene ring substituents is 1. The fourth-order valence-electron chi connectivity index (χ4n) is 4.26. The van der Waals surface area contributed by atoms with E-state index in [0.717, 1.165) is 22.6 Å². The molecule has 18 nitrogen and oxygen atoms in total. The van der Waals surface area contributed by atoms with Gasteiger partial charge in [-0.2, -0.15) is 0 Å². The number of nitro benzene ring substituents is 1. The molecule has 4 amide bonds. The maximum absolute atomic E-state index is 13.5. The van der Waals surface area contributed by atoms with Gasteiger partial charge in [0.2, 0.25) is 17.7 Å². The highest BCUT2D eigenvalue weighted by Gasteiger charge is 2.29. The first-order valence-electron chi connectivity index (χ1n) is 15.0. The number of hydrogen-bond donors (Lipinski definition) is 7. The predicted molar refractivity (Wildman–Crippen MR) is 174 cm³/mol. The molecular weight excluding hydrogens is 630 g/mol. The van der Waals surface area contributed by atoms with Crippen molar-refractivity contribution in [2.24, 2.45) is 22.2 Å². The molecule has 2 rings (SSSR count). The summed E-state index contributed by atoms with van der Waals surface area (Å²) in [6.45, 7) is -0.781. The number of nitrogens with one attached hydrogen (secondary N) is 3. The second kappa shape index (κ2) is 20.4. The Labute approximate surface area is 276 Å². The summed E-state index contributed by atoms with van der Waals surface area (Å²) in [7, 11) is 0. The summed E-state index contributed by atoms with van der Waals surface area (Å²) in [6.07, 6.45) is 0.915. The minimum absolute atomic E-state index is 0.00819. The van der Waals surface area contributed by atoms with Crippen molar-refractivity contribution in [2.45, 2.75) is 50.8 Å². The fraction of sp³-hybridized carbons (Fsp3) is 0.400. The van der Waals surface area contributed by atoms with E-state index in [0.29, 0.717) is 19.4 Å². The lowest BCUT2D eigenvalue weighted by atomic mass is 10.1. The van der Waals surface area contributed by atoms with Gasteiger partial charge < -0.3 is 43.0 Å². The SMILES string of the molecule is NC(N)=NCCC[C@H](NC(=O)CNC(=O)[C@@H](N)CCCCNC(=O)OCc1ccccc1)C(=O)N(CC(=O)O)c1ccc([N+](=O)[O-])cc1. The first-order valence-corrected chi connectivity index (χ1v) is 15.0. The zero-order chi connectivity index (χ0) is 35.5. The van der Waals surface area contributed by atoms with E-state index < -0.39 is 59.9 Å². The molecule has 0 aliphatic heterocycles. The van der Waals surface area contributed by atoms with Crippen molar-refractivity contribution >= 4 is 47.1 Å². The molecule has 0 saturated carbocycles. The molecule has 0 fully saturated rings. The zero-order valence-corrected chi connectivity index (χ0v) is 26.2. The maximum Gasteiger partial charge on any atom is 0.407 e. The van der Waals surface area contributed by atoms with Crippen molar-refractivity contribution in [3.8, 4) is 0 Å². The Morgan fingerprint density at radius 1 is 0.958 bits per heavy atom. The van der Waals surface area contributed by atoms with Crippen LogP contribution in [0.4, 0.5) is 16.2 Å². The monoisotopic (exact) mass is 671 g/mol. The van der Waals surface area contributed by atoms with Gasteiger partial charge in [0.25, 0.3) is 5.69 Å². The summed E-state index contributed by atoms with van der Waals surface area (Å²) in [5, 5.41) is 28.0. The molecule has 10 N–H and O–H groups in total. The average molecular weight is 672 g/mol. The van der Waals surface area contributed by atoms with Gasteiger partial charge in [0.15, 0.2) is 5.96 Å². The summed E-state index contributed by atoms with van der Waals surface area (Å²) in [5.74, 6) is -3.74. The Morgan fingerprint density at radius 2 is 1.65 bits per heavy atom. The maximum atomic E-state index is 13.5. The van der Waals surface area contributed by atoms with E-state index in [9.17, 15) is 39.2 Å². The molecule has 0 aromatic heterocycles. The van der Waals surface area contributed by atoms with E-state index in [1.54, 1.807) is 0 Å². The number of carboxylic acid groups (broad SMARTS) is 1. The summed E-state index contributed by atoms with van der Waals surface area (Å²) in [5.41, 5.74) is 17.3. The number of carboxylic acids is 1. The number of carbonyl (C=O) groups is 5. The van der Waals surface area contributed by atoms with Crippen molar-refractivity contribution in [1.82, 2.24) is 16.0 Å². The van der Waals surface area contributed by atoms with Gasteiger partial charge in [-0.05, 0) is 49.8 Å². The molecule has 0 spiro atoms. The van der Waals surface area contributed by atoms with Gasteiger partial charge in [0, 0.05) is 30.9 Å². The number of unbranched alkanes of at least 4 members (excludes halogenated alkanes) is 1. The first kappa shape index (κ1) is 38.4. The third-order valence-corrected chi connectivity index (χ3v) is 6.69. The molecule has 0 aliphatic carbocycles. The smallest absolute Gasteiger partial charge is 0.407 e. The number of aliphatic carboxylic acids is 1.